The molecule has 1 aliphatic rings. The van der Waals surface area contributed by atoms with Crippen LogP contribution < -0.4 is 0 Å². The number of carbonyl (C=O) groups excluding carboxylic acids is 1. The van der Waals surface area contributed by atoms with Gasteiger partial charge in [-0.2, -0.15) is 17.5 Å². The second-order valence-corrected chi connectivity index (χ2v) is 9.94. The number of hydrogen-bond donors (Lipinski definition) is 1. The topological polar surface area (TPSA) is 95.0 Å². The average Bonchev–Trinajstić information content (AvgIpc) is 2.72. The molecule has 0 saturated carbocycles. The molecule has 7 nitrogen and oxygen atoms in total. The zero-order valence-corrected chi connectivity index (χ0v) is 18.9. The van der Waals surface area contributed by atoms with Crippen LogP contribution >= 0.6 is 0 Å². The van der Waals surface area contributed by atoms with E-state index >= 15 is 0 Å². The van der Waals surface area contributed by atoms with E-state index in [4.69, 9.17) is 5.11 Å². The maximum absolute atomic E-state index is 13.8. The van der Waals surface area contributed by atoms with Crippen molar-refractivity contribution in [2.45, 2.75) is 30.8 Å². The quantitative estimate of drug-likeness (QED) is 0.613. The number of aliphatic carboxylic acids is 1. The van der Waals surface area contributed by atoms with E-state index in [0.29, 0.717) is 23.3 Å². The Morgan fingerprint density at radius 1 is 0.971 bits per heavy atom. The van der Waals surface area contributed by atoms with Crippen LogP contribution in [0.1, 0.15) is 22.3 Å². The van der Waals surface area contributed by atoms with Crippen molar-refractivity contribution in [2.24, 2.45) is 0 Å². The number of sulfonamides is 1. The Morgan fingerprint density at radius 2 is 1.62 bits per heavy atom. The van der Waals surface area contributed by atoms with E-state index in [-0.39, 0.29) is 49.5 Å². The first-order valence-corrected chi connectivity index (χ1v) is 11.7. The highest BCUT2D eigenvalue weighted by Crippen LogP contribution is 2.31. The maximum Gasteiger partial charge on any atom is 0.419 e. The van der Waals surface area contributed by atoms with Crippen LogP contribution in [-0.4, -0.2) is 60.8 Å². The van der Waals surface area contributed by atoms with E-state index in [9.17, 15) is 35.6 Å². The van der Waals surface area contributed by atoms with E-state index in [2.05, 4.69) is 0 Å². The van der Waals surface area contributed by atoms with E-state index in [1.165, 1.54) is 21.3 Å². The highest BCUT2D eigenvalue weighted by atomic mass is 32.2. The number of halogens is 4. The normalized spacial score (nSPS) is 15.4. The molecule has 2 aromatic rings. The summed E-state index contributed by atoms with van der Waals surface area (Å²) in [4.78, 5) is 24.9. The molecule has 0 unspecified atom stereocenters. The molecule has 1 amide bonds. The second-order valence-electron chi connectivity index (χ2n) is 8.00. The van der Waals surface area contributed by atoms with Gasteiger partial charge in [0.15, 0.2) is 0 Å². The van der Waals surface area contributed by atoms with Gasteiger partial charge in [0.05, 0.1) is 23.3 Å². The number of aryl methyl sites for hydroxylation is 1. The zero-order valence-electron chi connectivity index (χ0n) is 18.1. The number of hydrogen-bond acceptors (Lipinski definition) is 4. The largest absolute Gasteiger partial charge is 0.481 e. The third kappa shape index (κ3) is 5.92. The van der Waals surface area contributed by atoms with Crippen molar-refractivity contribution in [3.63, 3.8) is 0 Å². The predicted octanol–water partition coefficient (Wildman–Crippen LogP) is 2.86. The molecule has 1 N–H and O–H groups in total. The Bertz CT molecular complexity index is 1210. The van der Waals surface area contributed by atoms with Crippen molar-refractivity contribution in [3.05, 3.63) is 64.5 Å². The smallest absolute Gasteiger partial charge is 0.419 e. The summed E-state index contributed by atoms with van der Waals surface area (Å²) < 4.78 is 79.1. The molecule has 2 aromatic carbocycles. The van der Waals surface area contributed by atoms with Crippen molar-refractivity contribution >= 4 is 21.9 Å². The number of carboxylic acid groups (broad SMARTS) is 1. The highest BCUT2D eigenvalue weighted by molar-refractivity contribution is 7.89. The number of carboxylic acids is 1. The molecule has 3 rings (SSSR count). The van der Waals surface area contributed by atoms with Gasteiger partial charge in [0, 0.05) is 26.2 Å². The lowest BCUT2D eigenvalue weighted by Crippen LogP contribution is -2.50. The minimum Gasteiger partial charge on any atom is -0.481 e. The summed E-state index contributed by atoms with van der Waals surface area (Å²) in [6.07, 6.45) is -5.48. The summed E-state index contributed by atoms with van der Waals surface area (Å²) in [5.41, 5.74) is -0.389. The van der Waals surface area contributed by atoms with Crippen LogP contribution in [0.4, 0.5) is 17.6 Å². The van der Waals surface area contributed by atoms with E-state index in [0.717, 1.165) is 6.07 Å². The second kappa shape index (κ2) is 9.71. The van der Waals surface area contributed by atoms with Crippen molar-refractivity contribution < 1.29 is 40.7 Å². The van der Waals surface area contributed by atoms with Crippen molar-refractivity contribution in [1.29, 1.82) is 0 Å². The van der Waals surface area contributed by atoms with Gasteiger partial charge in [-0.05, 0) is 47.9 Å². The first kappa shape index (κ1) is 25.6. The van der Waals surface area contributed by atoms with Crippen molar-refractivity contribution in [3.8, 4) is 0 Å². The molecular formula is C22H22F4N2O5S. The monoisotopic (exact) mass is 502 g/mol. The Balaban J connectivity index is 1.66. The molecular weight excluding hydrogens is 480 g/mol. The first-order valence-electron chi connectivity index (χ1n) is 10.2. The fourth-order valence-electron chi connectivity index (χ4n) is 3.76. The Morgan fingerprint density at radius 3 is 2.18 bits per heavy atom. The van der Waals surface area contributed by atoms with Crippen LogP contribution in [0.3, 0.4) is 0 Å². The molecule has 34 heavy (non-hydrogen) atoms. The number of benzene rings is 2. The maximum atomic E-state index is 13.8. The van der Waals surface area contributed by atoms with E-state index in [1.54, 1.807) is 13.0 Å². The third-order valence-corrected chi connectivity index (χ3v) is 7.27. The van der Waals surface area contributed by atoms with Gasteiger partial charge in [-0.3, -0.25) is 9.59 Å². The molecule has 1 fully saturated rings. The number of rotatable bonds is 6. The molecule has 0 bridgehead atoms. The minimum atomic E-state index is -4.83. The van der Waals surface area contributed by atoms with E-state index in [1.807, 2.05) is 0 Å². The van der Waals surface area contributed by atoms with Crippen LogP contribution in [0, 0.1) is 12.7 Å². The van der Waals surface area contributed by atoms with Gasteiger partial charge in [-0.1, -0.05) is 12.1 Å². The van der Waals surface area contributed by atoms with Crippen LogP contribution in [0.5, 0.6) is 0 Å². The van der Waals surface area contributed by atoms with Gasteiger partial charge in [-0.15, -0.1) is 0 Å². The van der Waals surface area contributed by atoms with Crippen LogP contribution in [0.15, 0.2) is 41.3 Å². The van der Waals surface area contributed by atoms with Gasteiger partial charge >= 0.3 is 12.1 Å². The van der Waals surface area contributed by atoms with Gasteiger partial charge < -0.3 is 10.0 Å². The molecule has 0 radical (unpaired) electrons. The van der Waals surface area contributed by atoms with Gasteiger partial charge in [-0.25, -0.2) is 12.8 Å². The Kier molecular flexibility index (Phi) is 7.32. The summed E-state index contributed by atoms with van der Waals surface area (Å²) in [5.74, 6) is -3.02. The molecule has 1 aliphatic heterocycles. The fraction of sp³-hybridized carbons (Fsp3) is 0.364. The SMILES string of the molecule is Cc1cc(CC(=O)O)cc(S(=O)(=O)N2CCN(C(=O)Cc3ccc(C(F)(F)F)c(F)c3)CC2)c1. The molecule has 0 aliphatic carbocycles. The molecule has 1 heterocycles. The summed E-state index contributed by atoms with van der Waals surface area (Å²) in [6.45, 7) is 1.73. The van der Waals surface area contributed by atoms with Crippen molar-refractivity contribution in [1.82, 2.24) is 9.21 Å². The predicted molar refractivity (Wildman–Crippen MR) is 113 cm³/mol. The molecule has 1 saturated heterocycles. The first-order chi connectivity index (χ1) is 15.8. The lowest BCUT2D eigenvalue weighted by molar-refractivity contribution is -0.140. The van der Waals surface area contributed by atoms with Crippen LogP contribution in [0.25, 0.3) is 0 Å². The number of alkyl halides is 3. The third-order valence-electron chi connectivity index (χ3n) is 5.39. The summed E-state index contributed by atoms with van der Waals surface area (Å²) >= 11 is 0. The average molecular weight is 502 g/mol. The van der Waals surface area contributed by atoms with Gasteiger partial charge in [0.1, 0.15) is 5.82 Å². The lowest BCUT2D eigenvalue weighted by Gasteiger charge is -2.34. The molecule has 184 valence electrons. The summed E-state index contributed by atoms with van der Waals surface area (Å²) in [7, 11) is -3.93. The zero-order chi connectivity index (χ0) is 25.3. The molecule has 0 atom stereocenters. The minimum absolute atomic E-state index is 0.0162. The summed E-state index contributed by atoms with van der Waals surface area (Å²) in [5, 5.41) is 8.98. The Labute approximate surface area is 193 Å². The highest BCUT2D eigenvalue weighted by Gasteiger charge is 2.34. The molecule has 12 heteroatoms. The van der Waals surface area contributed by atoms with Crippen molar-refractivity contribution in [2.75, 3.05) is 26.2 Å². The number of amides is 1. The Hall–Kier alpha value is -2.99. The standard InChI is InChI=1S/C22H22F4N2O5S/c1-14-8-16(13-21(30)31)10-17(9-14)34(32,33)28-6-4-27(5-7-28)20(29)12-15-2-3-18(19(23)11-15)22(24,25)26/h2-3,8-11H,4-7,12-13H2,1H3,(H,30,31). The number of piperazine rings is 1. The van der Waals surface area contributed by atoms with Crippen LogP contribution in [-0.2, 0) is 38.6 Å². The van der Waals surface area contributed by atoms with Gasteiger partial charge in [0.25, 0.3) is 0 Å². The van der Waals surface area contributed by atoms with E-state index < -0.39 is 39.5 Å². The number of nitrogens with zero attached hydrogens (tertiary/aromatic N) is 2. The fourth-order valence-corrected chi connectivity index (χ4v) is 5.34. The molecule has 0 spiro atoms. The lowest BCUT2D eigenvalue weighted by atomic mass is 10.1. The number of carbonyl (C=O) groups is 2. The van der Waals surface area contributed by atoms with Crippen LogP contribution in [0.2, 0.25) is 0 Å². The molecule has 0 aromatic heterocycles. The summed E-state index contributed by atoms with van der Waals surface area (Å²) in [6, 6.07) is 6.64. The van der Waals surface area contributed by atoms with Gasteiger partial charge in [0.2, 0.25) is 15.9 Å².